The van der Waals surface area contributed by atoms with Gasteiger partial charge >= 0.3 is 0 Å². The summed E-state index contributed by atoms with van der Waals surface area (Å²) in [6.45, 7) is 12.0. The SMILES string of the molecule is CC(C)(C)n1cc(CNC[C@H](c2cccs2)N2CCOCC2)cn1. The van der Waals surface area contributed by atoms with Crippen molar-refractivity contribution in [3.63, 3.8) is 0 Å². The predicted molar refractivity (Wildman–Crippen MR) is 98.4 cm³/mol. The monoisotopic (exact) mass is 348 g/mol. The molecule has 0 saturated carbocycles. The highest BCUT2D eigenvalue weighted by Crippen LogP contribution is 2.25. The van der Waals surface area contributed by atoms with Crippen LogP contribution in [0.4, 0.5) is 0 Å². The van der Waals surface area contributed by atoms with Crippen molar-refractivity contribution < 1.29 is 4.74 Å². The van der Waals surface area contributed by atoms with E-state index in [-0.39, 0.29) is 5.54 Å². The van der Waals surface area contributed by atoms with Crippen LogP contribution in [-0.4, -0.2) is 47.5 Å². The van der Waals surface area contributed by atoms with E-state index in [1.165, 1.54) is 10.4 Å². The lowest BCUT2D eigenvalue weighted by Crippen LogP contribution is -2.42. The minimum Gasteiger partial charge on any atom is -0.379 e. The number of hydrogen-bond donors (Lipinski definition) is 1. The van der Waals surface area contributed by atoms with Crippen LogP contribution in [0.2, 0.25) is 0 Å². The molecule has 0 radical (unpaired) electrons. The van der Waals surface area contributed by atoms with E-state index >= 15 is 0 Å². The van der Waals surface area contributed by atoms with E-state index < -0.39 is 0 Å². The summed E-state index contributed by atoms with van der Waals surface area (Å²) >= 11 is 1.84. The molecule has 0 amide bonds. The van der Waals surface area contributed by atoms with Crippen molar-refractivity contribution in [1.29, 1.82) is 0 Å². The number of aromatic nitrogens is 2. The zero-order chi connectivity index (χ0) is 17.0. The summed E-state index contributed by atoms with van der Waals surface area (Å²) in [7, 11) is 0. The van der Waals surface area contributed by atoms with E-state index in [0.717, 1.165) is 39.4 Å². The van der Waals surface area contributed by atoms with Crippen LogP contribution >= 0.6 is 11.3 Å². The normalized spacial score (nSPS) is 18.0. The second-order valence-corrected chi connectivity index (χ2v) is 8.25. The van der Waals surface area contributed by atoms with Crippen molar-refractivity contribution in [2.24, 2.45) is 0 Å². The Bertz CT molecular complexity index is 611. The molecule has 2 aromatic rings. The average Bonchev–Trinajstić information content (AvgIpc) is 3.23. The van der Waals surface area contributed by atoms with Gasteiger partial charge in [-0.15, -0.1) is 11.3 Å². The predicted octanol–water partition coefficient (Wildman–Crippen LogP) is 2.86. The molecule has 3 rings (SSSR count). The summed E-state index contributed by atoms with van der Waals surface area (Å²) in [6.07, 6.45) is 4.11. The molecule has 0 aromatic carbocycles. The van der Waals surface area contributed by atoms with Crippen molar-refractivity contribution in [3.05, 3.63) is 40.3 Å². The van der Waals surface area contributed by atoms with Crippen LogP contribution in [0.3, 0.4) is 0 Å². The molecule has 0 spiro atoms. The molecule has 0 aliphatic carbocycles. The molecule has 1 N–H and O–H groups in total. The first-order valence-electron chi connectivity index (χ1n) is 8.64. The summed E-state index contributed by atoms with van der Waals surface area (Å²) in [5, 5.41) is 10.3. The maximum Gasteiger partial charge on any atom is 0.0594 e. The molecule has 1 fully saturated rings. The first-order chi connectivity index (χ1) is 11.5. The van der Waals surface area contributed by atoms with Gasteiger partial charge in [0.15, 0.2) is 0 Å². The second-order valence-electron chi connectivity index (χ2n) is 7.27. The van der Waals surface area contributed by atoms with Crippen molar-refractivity contribution in [1.82, 2.24) is 20.0 Å². The van der Waals surface area contributed by atoms with E-state index in [9.17, 15) is 0 Å². The average molecular weight is 349 g/mol. The molecule has 0 unspecified atom stereocenters. The summed E-state index contributed by atoms with van der Waals surface area (Å²) in [6, 6.07) is 4.80. The zero-order valence-corrected chi connectivity index (χ0v) is 15.7. The molecule has 3 heterocycles. The van der Waals surface area contributed by atoms with Gasteiger partial charge in [-0.05, 0) is 32.2 Å². The zero-order valence-electron chi connectivity index (χ0n) is 14.9. The Hall–Kier alpha value is -1.21. The van der Waals surface area contributed by atoms with Gasteiger partial charge in [-0.3, -0.25) is 9.58 Å². The molecular weight excluding hydrogens is 320 g/mol. The number of ether oxygens (including phenoxy) is 1. The van der Waals surface area contributed by atoms with Crippen molar-refractivity contribution in [2.75, 3.05) is 32.8 Å². The fourth-order valence-electron chi connectivity index (χ4n) is 2.95. The van der Waals surface area contributed by atoms with Gasteiger partial charge < -0.3 is 10.1 Å². The van der Waals surface area contributed by atoms with Crippen LogP contribution in [0, 0.1) is 0 Å². The third kappa shape index (κ3) is 4.45. The van der Waals surface area contributed by atoms with Crippen LogP contribution < -0.4 is 5.32 Å². The molecule has 0 bridgehead atoms. The minimum atomic E-state index is 0.0333. The van der Waals surface area contributed by atoms with E-state index in [0.29, 0.717) is 6.04 Å². The quantitative estimate of drug-likeness (QED) is 0.872. The fraction of sp³-hybridized carbons (Fsp3) is 0.611. The third-order valence-electron chi connectivity index (χ3n) is 4.35. The van der Waals surface area contributed by atoms with Crippen molar-refractivity contribution >= 4 is 11.3 Å². The number of rotatable bonds is 6. The van der Waals surface area contributed by atoms with E-state index in [4.69, 9.17) is 4.74 Å². The van der Waals surface area contributed by atoms with Gasteiger partial charge in [-0.1, -0.05) is 6.07 Å². The largest absolute Gasteiger partial charge is 0.379 e. The Labute approximate surface area is 148 Å². The third-order valence-corrected chi connectivity index (χ3v) is 5.32. The molecule has 24 heavy (non-hydrogen) atoms. The summed E-state index contributed by atoms with van der Waals surface area (Å²) < 4.78 is 7.54. The lowest BCUT2D eigenvalue weighted by Gasteiger charge is -2.34. The first kappa shape index (κ1) is 17.6. The van der Waals surface area contributed by atoms with E-state index in [1.54, 1.807) is 0 Å². The molecule has 2 aromatic heterocycles. The van der Waals surface area contributed by atoms with Gasteiger partial charge in [-0.2, -0.15) is 5.10 Å². The first-order valence-corrected chi connectivity index (χ1v) is 9.52. The Morgan fingerprint density at radius 1 is 1.33 bits per heavy atom. The van der Waals surface area contributed by atoms with Crippen LogP contribution in [0.25, 0.3) is 0 Å². The van der Waals surface area contributed by atoms with Gasteiger partial charge in [-0.25, -0.2) is 0 Å². The minimum absolute atomic E-state index is 0.0333. The molecule has 1 atom stereocenters. The maximum absolute atomic E-state index is 5.51. The van der Waals surface area contributed by atoms with E-state index in [1.807, 2.05) is 22.2 Å². The van der Waals surface area contributed by atoms with Gasteiger partial charge in [0.05, 0.1) is 31.0 Å². The Morgan fingerprint density at radius 3 is 2.75 bits per heavy atom. The maximum atomic E-state index is 5.51. The van der Waals surface area contributed by atoms with Crippen LogP contribution in [0.15, 0.2) is 29.9 Å². The van der Waals surface area contributed by atoms with E-state index in [2.05, 4.69) is 59.8 Å². The highest BCUT2D eigenvalue weighted by molar-refractivity contribution is 7.10. The number of hydrogen-bond acceptors (Lipinski definition) is 5. The lowest BCUT2D eigenvalue weighted by atomic mass is 10.1. The van der Waals surface area contributed by atoms with Crippen LogP contribution in [0.1, 0.15) is 37.3 Å². The number of nitrogens with zero attached hydrogens (tertiary/aromatic N) is 3. The van der Waals surface area contributed by atoms with Crippen molar-refractivity contribution in [2.45, 2.75) is 38.9 Å². The van der Waals surface area contributed by atoms with Gasteiger partial charge in [0.25, 0.3) is 0 Å². The molecule has 5 nitrogen and oxygen atoms in total. The molecular formula is C18H28N4OS. The summed E-state index contributed by atoms with van der Waals surface area (Å²) in [4.78, 5) is 3.95. The molecule has 1 aliphatic rings. The van der Waals surface area contributed by atoms with Gasteiger partial charge in [0.2, 0.25) is 0 Å². The fourth-order valence-corrected chi connectivity index (χ4v) is 3.81. The molecule has 1 saturated heterocycles. The van der Waals surface area contributed by atoms with Crippen molar-refractivity contribution in [3.8, 4) is 0 Å². The molecule has 6 heteroatoms. The number of thiophene rings is 1. The summed E-state index contributed by atoms with van der Waals surface area (Å²) in [5.74, 6) is 0. The lowest BCUT2D eigenvalue weighted by molar-refractivity contribution is 0.0168. The molecule has 1 aliphatic heterocycles. The summed E-state index contributed by atoms with van der Waals surface area (Å²) in [5.41, 5.74) is 1.27. The topological polar surface area (TPSA) is 42.3 Å². The van der Waals surface area contributed by atoms with Crippen LogP contribution in [-0.2, 0) is 16.8 Å². The number of morpholine rings is 1. The smallest absolute Gasteiger partial charge is 0.0594 e. The highest BCUT2D eigenvalue weighted by Gasteiger charge is 2.23. The Balaban J connectivity index is 1.58. The molecule has 132 valence electrons. The standard InChI is InChI=1S/C18H28N4OS/c1-18(2,3)22-14-15(12-20-22)11-19-13-16(17-5-4-10-24-17)21-6-8-23-9-7-21/h4-5,10,12,14,16,19H,6-9,11,13H2,1-3H3/t16-/m1/s1. The van der Waals surface area contributed by atoms with Gasteiger partial charge in [0, 0.05) is 42.8 Å². The highest BCUT2D eigenvalue weighted by atomic mass is 32.1. The van der Waals surface area contributed by atoms with Crippen LogP contribution in [0.5, 0.6) is 0 Å². The second kappa shape index (κ2) is 7.78. The number of nitrogens with one attached hydrogen (secondary N) is 1. The Kier molecular flexibility index (Phi) is 5.71. The van der Waals surface area contributed by atoms with Gasteiger partial charge in [0.1, 0.15) is 0 Å². The Morgan fingerprint density at radius 2 is 2.12 bits per heavy atom.